The molecule has 3 aromatic rings. The summed E-state index contributed by atoms with van der Waals surface area (Å²) in [6, 6.07) is 8.56. The van der Waals surface area contributed by atoms with Gasteiger partial charge >= 0.3 is 0 Å². The number of aromatic nitrogens is 3. The summed E-state index contributed by atoms with van der Waals surface area (Å²) < 4.78 is 24.1. The molecule has 0 amide bonds. The molecule has 1 fully saturated rings. The van der Waals surface area contributed by atoms with Crippen LogP contribution in [-0.4, -0.2) is 41.3 Å². The van der Waals surface area contributed by atoms with Crippen molar-refractivity contribution in [1.82, 2.24) is 20.1 Å². The summed E-state index contributed by atoms with van der Waals surface area (Å²) in [6.45, 7) is 1.75. The molecule has 25 heavy (non-hydrogen) atoms. The molecule has 0 radical (unpaired) electrons. The molecule has 6 nitrogen and oxygen atoms in total. The summed E-state index contributed by atoms with van der Waals surface area (Å²) in [6.07, 6.45) is 7.79. The highest BCUT2D eigenvalue weighted by atomic mass is 32.2. The van der Waals surface area contributed by atoms with Gasteiger partial charge in [0, 0.05) is 24.5 Å². The third-order valence-corrected chi connectivity index (χ3v) is 6.11. The number of hydrogen-bond donors (Lipinski definition) is 2. The number of H-pyrrole nitrogens is 2. The van der Waals surface area contributed by atoms with Crippen molar-refractivity contribution in [1.29, 1.82) is 0 Å². The van der Waals surface area contributed by atoms with Crippen LogP contribution < -0.4 is 0 Å². The molecule has 1 saturated heterocycles. The Morgan fingerprint density at radius 2 is 2.16 bits per heavy atom. The van der Waals surface area contributed by atoms with E-state index in [0.717, 1.165) is 43.6 Å². The van der Waals surface area contributed by atoms with Gasteiger partial charge in [0.05, 0.1) is 17.9 Å². The second-order valence-electron chi connectivity index (χ2n) is 6.80. The maximum Gasteiger partial charge on any atom is 0.178 e. The van der Waals surface area contributed by atoms with Crippen molar-refractivity contribution in [3.8, 4) is 0 Å². The lowest BCUT2D eigenvalue weighted by atomic mass is 9.98. The quantitative estimate of drug-likeness (QED) is 0.751. The number of nitrogens with one attached hydrogen (secondary N) is 2. The van der Waals surface area contributed by atoms with Crippen LogP contribution in [0.1, 0.15) is 36.6 Å². The van der Waals surface area contributed by atoms with Gasteiger partial charge in [-0.1, -0.05) is 18.6 Å². The Bertz CT molecular complexity index is 989. The predicted octanol–water partition coefficient (Wildman–Crippen LogP) is 3.02. The van der Waals surface area contributed by atoms with E-state index in [4.69, 9.17) is 0 Å². The van der Waals surface area contributed by atoms with Crippen LogP contribution in [0, 0.1) is 0 Å². The largest absolute Gasteiger partial charge is 0.361 e. The van der Waals surface area contributed by atoms with Gasteiger partial charge in [-0.15, -0.1) is 0 Å². The van der Waals surface area contributed by atoms with E-state index in [-0.39, 0.29) is 6.04 Å². The van der Waals surface area contributed by atoms with Crippen molar-refractivity contribution < 1.29 is 8.42 Å². The topological polar surface area (TPSA) is 81.8 Å². The van der Waals surface area contributed by atoms with Crippen LogP contribution in [0.5, 0.6) is 0 Å². The number of piperidine rings is 1. The van der Waals surface area contributed by atoms with E-state index >= 15 is 0 Å². The van der Waals surface area contributed by atoms with Gasteiger partial charge in [-0.3, -0.25) is 10.00 Å². The second kappa shape index (κ2) is 6.31. The van der Waals surface area contributed by atoms with Crippen molar-refractivity contribution in [2.45, 2.75) is 36.7 Å². The van der Waals surface area contributed by atoms with Crippen molar-refractivity contribution in [3.63, 3.8) is 0 Å². The fourth-order valence-electron chi connectivity index (χ4n) is 3.75. The van der Waals surface area contributed by atoms with Crippen LogP contribution >= 0.6 is 0 Å². The van der Waals surface area contributed by atoms with E-state index in [9.17, 15) is 8.42 Å². The molecule has 1 atom stereocenters. The first-order valence-electron chi connectivity index (χ1n) is 8.56. The normalized spacial score (nSPS) is 19.5. The Hall–Kier alpha value is -2.12. The summed E-state index contributed by atoms with van der Waals surface area (Å²) in [5.41, 5.74) is 3.08. The average molecular weight is 358 g/mol. The van der Waals surface area contributed by atoms with Crippen molar-refractivity contribution in [3.05, 3.63) is 47.9 Å². The Labute approximate surface area is 147 Å². The fourth-order valence-corrected chi connectivity index (χ4v) is 4.58. The summed E-state index contributed by atoms with van der Waals surface area (Å²) in [4.78, 5) is 5.93. The maximum atomic E-state index is 12.1. The third-order valence-electron chi connectivity index (χ3n) is 4.98. The number of rotatable bonds is 4. The van der Waals surface area contributed by atoms with E-state index in [0.29, 0.717) is 4.90 Å². The lowest BCUT2D eigenvalue weighted by molar-refractivity contribution is 0.135. The van der Waals surface area contributed by atoms with Crippen LogP contribution in [0.2, 0.25) is 0 Å². The van der Waals surface area contributed by atoms with E-state index in [1.807, 2.05) is 6.20 Å². The number of likely N-dealkylation sites (tertiary alicyclic amines) is 1. The van der Waals surface area contributed by atoms with Crippen LogP contribution in [0.4, 0.5) is 0 Å². The molecule has 2 aromatic heterocycles. The Kier molecular flexibility index (Phi) is 4.13. The monoisotopic (exact) mass is 358 g/mol. The number of aromatic amines is 2. The minimum Gasteiger partial charge on any atom is -0.361 e. The first-order valence-corrected chi connectivity index (χ1v) is 10.4. The van der Waals surface area contributed by atoms with Crippen LogP contribution in [0.25, 0.3) is 10.9 Å². The first kappa shape index (κ1) is 16.4. The van der Waals surface area contributed by atoms with Gasteiger partial charge in [-0.2, -0.15) is 5.10 Å². The molecule has 0 spiro atoms. The predicted molar refractivity (Wildman–Crippen MR) is 97.0 cm³/mol. The van der Waals surface area contributed by atoms with Gasteiger partial charge in [0.2, 0.25) is 0 Å². The molecule has 1 aromatic carbocycles. The van der Waals surface area contributed by atoms with Crippen molar-refractivity contribution in [2.75, 3.05) is 12.8 Å². The summed E-state index contributed by atoms with van der Waals surface area (Å²) >= 11 is 0. The molecule has 132 valence electrons. The molecule has 0 bridgehead atoms. The zero-order valence-corrected chi connectivity index (χ0v) is 15.0. The molecule has 1 aliphatic rings. The van der Waals surface area contributed by atoms with E-state index in [1.165, 1.54) is 23.4 Å². The van der Waals surface area contributed by atoms with Gasteiger partial charge in [-0.05, 0) is 42.5 Å². The standard InChI is InChI=1S/C18H22N4O2S/c1-25(23,24)17-11-20-21-18(17)16-4-2-3-9-22(16)12-13-5-6-14-7-8-19-15(14)10-13/h5-8,10-11,16,19H,2-4,9,12H2,1H3,(H,20,21). The summed E-state index contributed by atoms with van der Waals surface area (Å²) in [5, 5.41) is 8.15. The minimum atomic E-state index is -3.28. The molecule has 2 N–H and O–H groups in total. The van der Waals surface area contributed by atoms with Gasteiger partial charge < -0.3 is 4.98 Å². The molecule has 0 aliphatic carbocycles. The smallest absolute Gasteiger partial charge is 0.178 e. The molecule has 1 aliphatic heterocycles. The van der Waals surface area contributed by atoms with Crippen molar-refractivity contribution >= 4 is 20.7 Å². The lowest BCUT2D eigenvalue weighted by Gasteiger charge is -2.35. The molecule has 4 rings (SSSR count). The van der Waals surface area contributed by atoms with Crippen LogP contribution in [0.3, 0.4) is 0 Å². The number of hydrogen-bond acceptors (Lipinski definition) is 4. The zero-order chi connectivity index (χ0) is 17.4. The Balaban J connectivity index is 1.64. The number of benzene rings is 1. The molecule has 7 heteroatoms. The highest BCUT2D eigenvalue weighted by molar-refractivity contribution is 7.90. The molecule has 3 heterocycles. The molecular formula is C18H22N4O2S. The summed E-state index contributed by atoms with van der Waals surface area (Å²) in [7, 11) is -3.28. The van der Waals surface area contributed by atoms with Crippen LogP contribution in [-0.2, 0) is 16.4 Å². The van der Waals surface area contributed by atoms with Gasteiger partial charge in [0.25, 0.3) is 0 Å². The van der Waals surface area contributed by atoms with E-state index in [2.05, 4.69) is 44.3 Å². The van der Waals surface area contributed by atoms with Gasteiger partial charge in [-0.25, -0.2) is 8.42 Å². The molecule has 1 unspecified atom stereocenters. The maximum absolute atomic E-state index is 12.1. The number of sulfone groups is 1. The molecular weight excluding hydrogens is 336 g/mol. The van der Waals surface area contributed by atoms with Gasteiger partial charge in [0.1, 0.15) is 4.90 Å². The lowest BCUT2D eigenvalue weighted by Crippen LogP contribution is -2.33. The Morgan fingerprint density at radius 1 is 1.28 bits per heavy atom. The molecule has 0 saturated carbocycles. The summed E-state index contributed by atoms with van der Waals surface area (Å²) in [5.74, 6) is 0. The highest BCUT2D eigenvalue weighted by Gasteiger charge is 2.30. The highest BCUT2D eigenvalue weighted by Crippen LogP contribution is 2.34. The van der Waals surface area contributed by atoms with Crippen LogP contribution in [0.15, 0.2) is 41.6 Å². The van der Waals surface area contributed by atoms with Crippen molar-refractivity contribution in [2.24, 2.45) is 0 Å². The van der Waals surface area contributed by atoms with E-state index < -0.39 is 9.84 Å². The zero-order valence-electron chi connectivity index (χ0n) is 14.2. The number of fused-ring (bicyclic) bond motifs is 1. The Morgan fingerprint density at radius 3 is 3.00 bits per heavy atom. The fraction of sp³-hybridized carbons (Fsp3) is 0.389. The van der Waals surface area contributed by atoms with E-state index in [1.54, 1.807) is 0 Å². The number of nitrogens with zero attached hydrogens (tertiary/aromatic N) is 2. The second-order valence-corrected chi connectivity index (χ2v) is 8.79. The van der Waals surface area contributed by atoms with Gasteiger partial charge in [0.15, 0.2) is 9.84 Å². The third kappa shape index (κ3) is 3.21. The average Bonchev–Trinajstić information content (AvgIpc) is 3.23. The SMILES string of the molecule is CS(=O)(=O)c1cn[nH]c1C1CCCCN1Cc1ccc2cc[nH]c2c1. The minimum absolute atomic E-state index is 0.0558. The first-order chi connectivity index (χ1) is 12.0.